The van der Waals surface area contributed by atoms with Gasteiger partial charge in [0.15, 0.2) is 5.69 Å². The smallest absolute Gasteiger partial charge is 0.271 e. The van der Waals surface area contributed by atoms with E-state index < -0.39 is 0 Å². The molecule has 136 valence electrons. The molecule has 0 saturated carbocycles. The minimum Gasteiger partial charge on any atom is -0.349 e. The van der Waals surface area contributed by atoms with E-state index in [4.69, 9.17) is 0 Å². The number of amides is 2. The largest absolute Gasteiger partial charge is 0.349 e. The molecule has 0 fully saturated rings. The van der Waals surface area contributed by atoms with E-state index in [1.165, 1.54) is 16.0 Å². The van der Waals surface area contributed by atoms with E-state index >= 15 is 0 Å². The lowest BCUT2D eigenvalue weighted by Gasteiger charge is -2.05. The fraction of sp³-hybridized carbons (Fsp3) is 0.294. The van der Waals surface area contributed by atoms with Crippen molar-refractivity contribution in [3.8, 4) is 0 Å². The van der Waals surface area contributed by atoms with Crippen LogP contribution in [0.3, 0.4) is 0 Å². The lowest BCUT2D eigenvalue weighted by molar-refractivity contribution is 0.0945. The second-order valence-electron chi connectivity index (χ2n) is 5.88. The van der Waals surface area contributed by atoms with E-state index in [9.17, 15) is 9.59 Å². The topological polar surface area (TPSA) is 93.8 Å². The summed E-state index contributed by atoms with van der Waals surface area (Å²) in [5, 5.41) is 15.9. The van der Waals surface area contributed by atoms with E-state index in [1.807, 2.05) is 36.0 Å². The number of rotatable bonds is 6. The molecule has 0 aliphatic rings. The zero-order valence-corrected chi connectivity index (χ0v) is 15.6. The molecule has 0 radical (unpaired) electrons. The summed E-state index contributed by atoms with van der Waals surface area (Å²) in [6, 6.07) is 7.10. The van der Waals surface area contributed by atoms with Gasteiger partial charge in [-0.25, -0.2) is 0 Å². The van der Waals surface area contributed by atoms with Gasteiger partial charge in [-0.1, -0.05) is 6.07 Å². The molecule has 3 heterocycles. The van der Waals surface area contributed by atoms with Crippen LogP contribution >= 0.6 is 11.3 Å². The zero-order valence-electron chi connectivity index (χ0n) is 14.8. The first-order valence-electron chi connectivity index (χ1n) is 8.12. The number of carbonyl (C=O) groups is 2. The highest BCUT2D eigenvalue weighted by atomic mass is 32.1. The highest BCUT2D eigenvalue weighted by Gasteiger charge is 2.15. The van der Waals surface area contributed by atoms with Crippen LogP contribution in [0, 0.1) is 13.8 Å². The summed E-state index contributed by atoms with van der Waals surface area (Å²) in [6.45, 7) is 4.93. The van der Waals surface area contributed by atoms with Crippen LogP contribution in [0.4, 0.5) is 5.82 Å². The van der Waals surface area contributed by atoms with Gasteiger partial charge in [0.25, 0.3) is 11.8 Å². The predicted octanol–water partition coefficient (Wildman–Crippen LogP) is 1.98. The maximum Gasteiger partial charge on any atom is 0.271 e. The van der Waals surface area contributed by atoms with Crippen LogP contribution in [0.2, 0.25) is 0 Å². The fourth-order valence-corrected chi connectivity index (χ4v) is 3.17. The number of anilines is 1. The number of carbonyl (C=O) groups excluding carboxylic acids is 2. The molecule has 0 aliphatic heterocycles. The molecule has 0 unspecified atom stereocenters. The van der Waals surface area contributed by atoms with Gasteiger partial charge < -0.3 is 10.6 Å². The zero-order chi connectivity index (χ0) is 18.7. The highest BCUT2D eigenvalue weighted by Crippen LogP contribution is 2.14. The van der Waals surface area contributed by atoms with Crippen LogP contribution in [0.25, 0.3) is 0 Å². The Morgan fingerprint density at radius 2 is 2.00 bits per heavy atom. The second-order valence-corrected chi connectivity index (χ2v) is 6.82. The number of hydrogen-bond donors (Lipinski definition) is 2. The summed E-state index contributed by atoms with van der Waals surface area (Å²) in [5.74, 6) is -0.0506. The number of nitrogens with zero attached hydrogens (tertiary/aromatic N) is 4. The fourth-order valence-electron chi connectivity index (χ4n) is 2.55. The van der Waals surface area contributed by atoms with Gasteiger partial charge in [-0.3, -0.25) is 19.0 Å². The first kappa shape index (κ1) is 17.9. The first-order valence-corrected chi connectivity index (χ1v) is 9.00. The van der Waals surface area contributed by atoms with Crippen molar-refractivity contribution in [3.63, 3.8) is 0 Å². The number of nitrogens with one attached hydrogen (secondary N) is 2. The van der Waals surface area contributed by atoms with Crippen molar-refractivity contribution in [1.29, 1.82) is 0 Å². The van der Waals surface area contributed by atoms with Crippen LogP contribution in [-0.2, 0) is 13.6 Å². The Hall–Kier alpha value is -2.94. The van der Waals surface area contributed by atoms with Crippen molar-refractivity contribution in [1.82, 2.24) is 24.9 Å². The average Bonchev–Trinajstić information content (AvgIpc) is 3.30. The van der Waals surface area contributed by atoms with Gasteiger partial charge in [0.05, 0.1) is 17.1 Å². The monoisotopic (exact) mass is 372 g/mol. The van der Waals surface area contributed by atoms with Crippen LogP contribution in [-0.4, -0.2) is 37.9 Å². The molecule has 0 bridgehead atoms. The molecule has 8 nitrogen and oxygen atoms in total. The van der Waals surface area contributed by atoms with Crippen LogP contribution in [0.15, 0.2) is 29.6 Å². The predicted molar refractivity (Wildman–Crippen MR) is 99.5 cm³/mol. The Kier molecular flexibility index (Phi) is 5.17. The molecule has 2 N–H and O–H groups in total. The summed E-state index contributed by atoms with van der Waals surface area (Å²) in [6.07, 6.45) is 0. The van der Waals surface area contributed by atoms with Gasteiger partial charge in [0.2, 0.25) is 0 Å². The van der Waals surface area contributed by atoms with Crippen molar-refractivity contribution >= 4 is 29.0 Å². The summed E-state index contributed by atoms with van der Waals surface area (Å²) in [4.78, 5) is 25.0. The van der Waals surface area contributed by atoms with Crippen LogP contribution in [0.5, 0.6) is 0 Å². The van der Waals surface area contributed by atoms with Gasteiger partial charge in [0, 0.05) is 25.4 Å². The lowest BCUT2D eigenvalue weighted by atomic mass is 10.3. The third-order valence-corrected chi connectivity index (χ3v) is 4.68. The Balaban J connectivity index is 1.58. The lowest BCUT2D eigenvalue weighted by Crippen LogP contribution is -2.28. The first-order chi connectivity index (χ1) is 12.4. The number of thiophene rings is 1. The molecule has 3 aromatic heterocycles. The van der Waals surface area contributed by atoms with E-state index in [-0.39, 0.29) is 17.5 Å². The van der Waals surface area contributed by atoms with Gasteiger partial charge in [0.1, 0.15) is 5.82 Å². The van der Waals surface area contributed by atoms with Crippen molar-refractivity contribution in [2.75, 3.05) is 11.9 Å². The van der Waals surface area contributed by atoms with Crippen LogP contribution in [0.1, 0.15) is 31.5 Å². The number of aryl methyl sites for hydroxylation is 3. The van der Waals surface area contributed by atoms with Gasteiger partial charge in [-0.15, -0.1) is 11.3 Å². The Morgan fingerprint density at radius 1 is 1.19 bits per heavy atom. The van der Waals surface area contributed by atoms with E-state index in [2.05, 4.69) is 20.8 Å². The van der Waals surface area contributed by atoms with Crippen molar-refractivity contribution in [2.45, 2.75) is 20.4 Å². The summed E-state index contributed by atoms with van der Waals surface area (Å²) >= 11 is 1.35. The third-order valence-electron chi connectivity index (χ3n) is 3.81. The van der Waals surface area contributed by atoms with Crippen molar-refractivity contribution in [2.24, 2.45) is 7.05 Å². The molecule has 3 rings (SSSR count). The maximum absolute atomic E-state index is 12.3. The maximum atomic E-state index is 12.3. The molecule has 2 amide bonds. The number of hydrogen-bond acceptors (Lipinski definition) is 5. The van der Waals surface area contributed by atoms with Crippen molar-refractivity contribution in [3.05, 3.63) is 51.6 Å². The molecule has 0 saturated heterocycles. The Bertz CT molecular complexity index is 925. The third kappa shape index (κ3) is 3.99. The van der Waals surface area contributed by atoms with Crippen LogP contribution < -0.4 is 10.6 Å². The quantitative estimate of drug-likeness (QED) is 0.692. The molecular weight excluding hydrogens is 352 g/mol. The minimum absolute atomic E-state index is 0.223. The molecular formula is C17H20N6O2S. The van der Waals surface area contributed by atoms with Gasteiger partial charge >= 0.3 is 0 Å². The van der Waals surface area contributed by atoms with Gasteiger partial charge in [-0.05, 0) is 31.4 Å². The van der Waals surface area contributed by atoms with Gasteiger partial charge in [-0.2, -0.15) is 10.2 Å². The minimum atomic E-state index is -0.293. The SMILES string of the molecule is Cc1cc(C)n(CCNC(=O)c2cc(NC(=O)c3cccs3)n(C)n2)n1. The molecule has 0 aliphatic carbocycles. The Labute approximate surface area is 154 Å². The molecule has 0 atom stereocenters. The standard InChI is InChI=1S/C17H20N6O2S/c1-11-9-12(2)23(20-11)7-6-18-16(24)13-10-15(22(3)21-13)19-17(25)14-5-4-8-26-14/h4-5,8-10H,6-7H2,1-3H3,(H,18,24)(H,19,25). The molecule has 0 spiro atoms. The van der Waals surface area contributed by atoms with E-state index in [0.29, 0.717) is 23.8 Å². The molecule has 0 aromatic carbocycles. The second kappa shape index (κ2) is 7.52. The van der Waals surface area contributed by atoms with E-state index in [0.717, 1.165) is 11.4 Å². The number of aromatic nitrogens is 4. The molecule has 26 heavy (non-hydrogen) atoms. The van der Waals surface area contributed by atoms with E-state index in [1.54, 1.807) is 19.2 Å². The summed E-state index contributed by atoms with van der Waals surface area (Å²) in [5.41, 5.74) is 2.25. The highest BCUT2D eigenvalue weighted by molar-refractivity contribution is 7.12. The summed E-state index contributed by atoms with van der Waals surface area (Å²) < 4.78 is 3.32. The average molecular weight is 372 g/mol. The molecule has 3 aromatic rings. The Morgan fingerprint density at radius 3 is 2.65 bits per heavy atom. The molecule has 9 heteroatoms. The summed E-state index contributed by atoms with van der Waals surface area (Å²) in [7, 11) is 1.68. The normalized spacial score (nSPS) is 10.7. The van der Waals surface area contributed by atoms with Crippen molar-refractivity contribution < 1.29 is 9.59 Å².